The Morgan fingerprint density at radius 1 is 1.36 bits per heavy atom. The highest BCUT2D eigenvalue weighted by molar-refractivity contribution is 7.80. The van der Waals surface area contributed by atoms with E-state index in [1.54, 1.807) is 25.1 Å². The highest BCUT2D eigenvalue weighted by atomic mass is 35.5. The molecule has 0 aliphatic carbocycles. The molecular formula is C16H18Cl2N2OS. The van der Waals surface area contributed by atoms with Gasteiger partial charge in [0, 0.05) is 33.4 Å². The van der Waals surface area contributed by atoms with Crippen LogP contribution in [0.5, 0.6) is 0 Å². The fraction of sp³-hybridized carbons (Fsp3) is 0.375. The third-order valence-corrected chi connectivity index (χ3v) is 4.71. The van der Waals surface area contributed by atoms with E-state index < -0.39 is 6.04 Å². The van der Waals surface area contributed by atoms with Crippen LogP contribution in [0.4, 0.5) is 0 Å². The molecular weight excluding hydrogens is 339 g/mol. The second-order valence-electron chi connectivity index (χ2n) is 5.22. The highest BCUT2D eigenvalue weighted by Gasteiger charge is 2.33. The minimum absolute atomic E-state index is 0.0189. The number of halogens is 2. The van der Waals surface area contributed by atoms with E-state index in [0.29, 0.717) is 26.3 Å². The monoisotopic (exact) mass is 356 g/mol. The molecule has 118 valence electrons. The molecule has 0 amide bonds. The Morgan fingerprint density at radius 3 is 2.45 bits per heavy atom. The van der Waals surface area contributed by atoms with Crippen molar-refractivity contribution in [3.05, 3.63) is 45.1 Å². The molecule has 0 radical (unpaired) electrons. The first-order valence-corrected chi connectivity index (χ1v) is 8.28. The van der Waals surface area contributed by atoms with Crippen molar-refractivity contribution in [2.45, 2.75) is 33.2 Å². The summed E-state index contributed by atoms with van der Waals surface area (Å²) < 4.78 is 0. The molecule has 1 aromatic carbocycles. The third-order valence-electron chi connectivity index (χ3n) is 3.71. The van der Waals surface area contributed by atoms with E-state index in [1.807, 2.05) is 11.8 Å². The number of carbonyl (C=O) groups excluding carboxylic acids is 1. The van der Waals surface area contributed by atoms with E-state index in [2.05, 4.69) is 12.2 Å². The fourth-order valence-corrected chi connectivity index (χ4v) is 3.70. The number of nitrogens with zero attached hydrogens (tertiary/aromatic N) is 1. The average molecular weight is 357 g/mol. The van der Waals surface area contributed by atoms with E-state index in [1.165, 1.54) is 0 Å². The van der Waals surface area contributed by atoms with Crippen LogP contribution < -0.4 is 5.32 Å². The lowest BCUT2D eigenvalue weighted by Gasteiger charge is -2.38. The third kappa shape index (κ3) is 3.14. The molecule has 1 atom stereocenters. The molecule has 0 spiro atoms. The molecule has 1 unspecified atom stereocenters. The van der Waals surface area contributed by atoms with Crippen molar-refractivity contribution in [2.24, 2.45) is 0 Å². The second kappa shape index (κ2) is 6.99. The summed E-state index contributed by atoms with van der Waals surface area (Å²) in [6, 6.07) is 4.89. The van der Waals surface area contributed by atoms with Crippen LogP contribution in [-0.2, 0) is 4.79 Å². The number of hydrogen-bond acceptors (Lipinski definition) is 2. The lowest BCUT2D eigenvalue weighted by Crippen LogP contribution is -2.47. The number of Topliss-reactive ketones (excluding diaryl/α,β-unsaturated/α-hetero) is 1. The summed E-state index contributed by atoms with van der Waals surface area (Å²) in [5.74, 6) is -0.0189. The SMILES string of the molecule is CCCN1C(=S)NC(c2c(Cl)cccc2Cl)C(C(C)=O)=C1C. The number of benzene rings is 1. The predicted octanol–water partition coefficient (Wildman–Crippen LogP) is 4.50. The van der Waals surface area contributed by atoms with E-state index in [-0.39, 0.29) is 5.78 Å². The Morgan fingerprint density at radius 2 is 1.95 bits per heavy atom. The lowest BCUT2D eigenvalue weighted by molar-refractivity contribution is -0.114. The molecule has 0 aromatic heterocycles. The van der Waals surface area contributed by atoms with Gasteiger partial charge in [0.1, 0.15) is 0 Å². The summed E-state index contributed by atoms with van der Waals surface area (Å²) in [5.41, 5.74) is 2.20. The van der Waals surface area contributed by atoms with Gasteiger partial charge in [-0.05, 0) is 44.6 Å². The number of carbonyl (C=O) groups is 1. The maximum Gasteiger partial charge on any atom is 0.173 e. The number of allylic oxidation sites excluding steroid dienone is 1. The molecule has 2 rings (SSSR count). The molecule has 0 saturated carbocycles. The number of thiocarbonyl (C=S) groups is 1. The first kappa shape index (κ1) is 17.3. The second-order valence-corrected chi connectivity index (χ2v) is 6.43. The zero-order valence-corrected chi connectivity index (χ0v) is 15.1. The van der Waals surface area contributed by atoms with Crippen molar-refractivity contribution in [3.8, 4) is 0 Å². The summed E-state index contributed by atoms with van der Waals surface area (Å²) in [7, 11) is 0. The lowest BCUT2D eigenvalue weighted by atomic mass is 9.92. The van der Waals surface area contributed by atoms with Crippen LogP contribution in [0.25, 0.3) is 0 Å². The fourth-order valence-electron chi connectivity index (χ4n) is 2.73. The summed E-state index contributed by atoms with van der Waals surface area (Å²) in [6.07, 6.45) is 0.932. The number of hydrogen-bond donors (Lipinski definition) is 1. The van der Waals surface area contributed by atoms with Gasteiger partial charge in [0.25, 0.3) is 0 Å². The largest absolute Gasteiger partial charge is 0.351 e. The number of rotatable bonds is 4. The van der Waals surface area contributed by atoms with Crippen LogP contribution in [0.1, 0.15) is 38.8 Å². The predicted molar refractivity (Wildman–Crippen MR) is 95.3 cm³/mol. The van der Waals surface area contributed by atoms with Crippen LogP contribution in [0.3, 0.4) is 0 Å². The van der Waals surface area contributed by atoms with Gasteiger partial charge < -0.3 is 10.2 Å². The van der Waals surface area contributed by atoms with Crippen molar-refractivity contribution in [1.29, 1.82) is 0 Å². The molecule has 0 saturated heterocycles. The van der Waals surface area contributed by atoms with Gasteiger partial charge in [-0.1, -0.05) is 36.2 Å². The normalized spacial score (nSPS) is 18.5. The Labute approximate surface area is 146 Å². The number of ketones is 1. The van der Waals surface area contributed by atoms with E-state index in [4.69, 9.17) is 35.4 Å². The maximum atomic E-state index is 12.2. The van der Waals surface area contributed by atoms with Gasteiger partial charge in [0.15, 0.2) is 10.9 Å². The zero-order chi connectivity index (χ0) is 16.4. The van der Waals surface area contributed by atoms with Gasteiger partial charge in [-0.2, -0.15) is 0 Å². The molecule has 1 N–H and O–H groups in total. The van der Waals surface area contributed by atoms with Gasteiger partial charge in [-0.3, -0.25) is 4.79 Å². The van der Waals surface area contributed by atoms with Crippen LogP contribution >= 0.6 is 35.4 Å². The Hall–Kier alpha value is -1.10. The van der Waals surface area contributed by atoms with Gasteiger partial charge >= 0.3 is 0 Å². The first-order valence-electron chi connectivity index (χ1n) is 7.12. The summed E-state index contributed by atoms with van der Waals surface area (Å²) in [5, 5.41) is 4.84. The molecule has 22 heavy (non-hydrogen) atoms. The van der Waals surface area contributed by atoms with E-state index in [9.17, 15) is 4.79 Å². The smallest absolute Gasteiger partial charge is 0.173 e. The Balaban J connectivity index is 2.61. The van der Waals surface area contributed by atoms with Crippen LogP contribution in [0.15, 0.2) is 29.5 Å². The van der Waals surface area contributed by atoms with Gasteiger partial charge in [0.2, 0.25) is 0 Å². The maximum absolute atomic E-state index is 12.2. The summed E-state index contributed by atoms with van der Waals surface area (Å²) in [6.45, 7) is 6.30. The van der Waals surface area contributed by atoms with Crippen LogP contribution in [0.2, 0.25) is 10.0 Å². The average Bonchev–Trinajstić information content (AvgIpc) is 2.42. The van der Waals surface area contributed by atoms with Gasteiger partial charge in [-0.15, -0.1) is 0 Å². The quantitative estimate of drug-likeness (QED) is 0.805. The topological polar surface area (TPSA) is 32.3 Å². The van der Waals surface area contributed by atoms with Crippen molar-refractivity contribution in [2.75, 3.05) is 6.54 Å². The van der Waals surface area contributed by atoms with Crippen molar-refractivity contribution in [3.63, 3.8) is 0 Å². The minimum Gasteiger partial charge on any atom is -0.351 e. The van der Waals surface area contributed by atoms with Crippen LogP contribution in [0, 0.1) is 0 Å². The van der Waals surface area contributed by atoms with E-state index in [0.717, 1.165) is 18.7 Å². The molecule has 1 aromatic rings. The van der Waals surface area contributed by atoms with Gasteiger partial charge in [0.05, 0.1) is 6.04 Å². The molecule has 6 heteroatoms. The number of nitrogens with one attached hydrogen (secondary N) is 1. The van der Waals surface area contributed by atoms with Crippen LogP contribution in [-0.4, -0.2) is 22.3 Å². The molecule has 3 nitrogen and oxygen atoms in total. The molecule has 1 aliphatic heterocycles. The molecule has 0 bridgehead atoms. The van der Waals surface area contributed by atoms with E-state index >= 15 is 0 Å². The minimum atomic E-state index is -0.417. The first-order chi connectivity index (χ1) is 10.4. The van der Waals surface area contributed by atoms with Crippen molar-refractivity contribution in [1.82, 2.24) is 10.2 Å². The van der Waals surface area contributed by atoms with Crippen molar-refractivity contribution < 1.29 is 4.79 Å². The van der Waals surface area contributed by atoms with Gasteiger partial charge in [-0.25, -0.2) is 0 Å². The Kier molecular flexibility index (Phi) is 5.48. The highest BCUT2D eigenvalue weighted by Crippen LogP contribution is 2.38. The molecule has 1 heterocycles. The standard InChI is InChI=1S/C16H18Cl2N2OS/c1-4-8-20-9(2)13(10(3)21)15(19-16(20)22)14-11(17)6-5-7-12(14)18/h5-7,15H,4,8H2,1-3H3,(H,19,22). The Bertz CT molecular complexity index is 637. The molecule has 0 fully saturated rings. The summed E-state index contributed by atoms with van der Waals surface area (Å²) in [4.78, 5) is 14.2. The molecule has 1 aliphatic rings. The zero-order valence-electron chi connectivity index (χ0n) is 12.7. The van der Waals surface area contributed by atoms with Crippen molar-refractivity contribution >= 4 is 46.3 Å². The summed E-state index contributed by atoms with van der Waals surface area (Å²) >= 11 is 18.1.